The Hall–Kier alpha value is -1.42. The van der Waals surface area contributed by atoms with Gasteiger partial charge in [-0.05, 0) is 24.8 Å². The number of nitrogens with one attached hydrogen (secondary N) is 1. The molecule has 2 rings (SSSR count). The van der Waals surface area contributed by atoms with Crippen LogP contribution in [0, 0.1) is 5.92 Å². The lowest BCUT2D eigenvalue weighted by atomic mass is 9.86. The van der Waals surface area contributed by atoms with Gasteiger partial charge in [0.25, 0.3) is 0 Å². The molecule has 1 fully saturated rings. The summed E-state index contributed by atoms with van der Waals surface area (Å²) in [6.07, 6.45) is 5.27. The maximum absolute atomic E-state index is 5.48. The van der Waals surface area contributed by atoms with E-state index in [-0.39, 0.29) is 0 Å². The molecule has 1 aromatic rings. The van der Waals surface area contributed by atoms with Gasteiger partial charge in [0.15, 0.2) is 11.5 Å². The lowest BCUT2D eigenvalue weighted by Crippen LogP contribution is -2.36. The third kappa shape index (κ3) is 3.82. The second-order valence-electron chi connectivity index (χ2n) is 5.77. The molecule has 21 heavy (non-hydrogen) atoms. The molecule has 2 atom stereocenters. The molecule has 0 amide bonds. The Morgan fingerprint density at radius 1 is 0.952 bits per heavy atom. The summed E-state index contributed by atoms with van der Waals surface area (Å²) >= 11 is 0. The molecule has 118 valence electrons. The van der Waals surface area contributed by atoms with Gasteiger partial charge in [0, 0.05) is 24.2 Å². The van der Waals surface area contributed by atoms with Crippen LogP contribution in [0.1, 0.15) is 38.2 Å². The molecule has 1 aliphatic rings. The van der Waals surface area contributed by atoms with Crippen LogP contribution < -0.4 is 19.5 Å². The first kappa shape index (κ1) is 16.0. The lowest BCUT2D eigenvalue weighted by Gasteiger charge is -2.30. The zero-order chi connectivity index (χ0) is 15.2. The van der Waals surface area contributed by atoms with Crippen molar-refractivity contribution in [3.05, 3.63) is 17.7 Å². The lowest BCUT2D eigenvalue weighted by molar-refractivity contribution is 0.277. The van der Waals surface area contributed by atoms with E-state index < -0.39 is 0 Å². The van der Waals surface area contributed by atoms with Crippen molar-refractivity contribution in [2.75, 3.05) is 21.3 Å². The number of rotatable bonds is 6. The highest BCUT2D eigenvalue weighted by molar-refractivity contribution is 5.50. The van der Waals surface area contributed by atoms with E-state index in [0.717, 1.165) is 29.5 Å². The molecule has 1 aliphatic carbocycles. The fraction of sp³-hybridized carbons (Fsp3) is 0.647. The van der Waals surface area contributed by atoms with Crippen LogP contribution in [0.15, 0.2) is 12.1 Å². The second kappa shape index (κ2) is 7.55. The summed E-state index contributed by atoms with van der Waals surface area (Å²) in [7, 11) is 4.98. The first-order valence-corrected chi connectivity index (χ1v) is 7.71. The molecular formula is C17H27NO3. The van der Waals surface area contributed by atoms with Crippen LogP contribution >= 0.6 is 0 Å². The van der Waals surface area contributed by atoms with Crippen molar-refractivity contribution in [1.29, 1.82) is 0 Å². The molecule has 1 N–H and O–H groups in total. The van der Waals surface area contributed by atoms with Gasteiger partial charge in [-0.1, -0.05) is 19.8 Å². The maximum Gasteiger partial charge on any atom is 0.164 e. The Bertz CT molecular complexity index is 462. The van der Waals surface area contributed by atoms with E-state index in [4.69, 9.17) is 14.2 Å². The largest absolute Gasteiger partial charge is 0.496 e. The van der Waals surface area contributed by atoms with E-state index in [2.05, 4.69) is 12.2 Å². The third-order valence-corrected chi connectivity index (χ3v) is 4.45. The second-order valence-corrected chi connectivity index (χ2v) is 5.77. The molecule has 0 bridgehead atoms. The first-order chi connectivity index (χ1) is 10.2. The highest BCUT2D eigenvalue weighted by Gasteiger charge is 2.21. The van der Waals surface area contributed by atoms with Crippen molar-refractivity contribution in [3.63, 3.8) is 0 Å². The standard InChI is InChI=1S/C17H27NO3/c1-12-7-5-6-8-14(12)18-11-13-9-16(20-3)17(21-4)10-15(13)19-2/h9-10,12,14,18H,5-8,11H2,1-4H3/t12-,14+/m0/s1. The predicted molar refractivity (Wildman–Crippen MR) is 84.4 cm³/mol. The molecule has 0 aliphatic heterocycles. The van der Waals surface area contributed by atoms with Crippen LogP contribution in [0.2, 0.25) is 0 Å². The van der Waals surface area contributed by atoms with Gasteiger partial charge < -0.3 is 19.5 Å². The van der Waals surface area contributed by atoms with E-state index in [1.165, 1.54) is 25.7 Å². The van der Waals surface area contributed by atoms with Gasteiger partial charge >= 0.3 is 0 Å². The van der Waals surface area contributed by atoms with Crippen LogP contribution in [-0.4, -0.2) is 27.4 Å². The summed E-state index contributed by atoms with van der Waals surface area (Å²) in [6.45, 7) is 3.13. The van der Waals surface area contributed by atoms with Gasteiger partial charge in [0.1, 0.15) is 5.75 Å². The quantitative estimate of drug-likeness (QED) is 0.873. The van der Waals surface area contributed by atoms with E-state index in [1.54, 1.807) is 21.3 Å². The number of methoxy groups -OCH3 is 3. The zero-order valence-electron chi connectivity index (χ0n) is 13.6. The van der Waals surface area contributed by atoms with E-state index in [9.17, 15) is 0 Å². The topological polar surface area (TPSA) is 39.7 Å². The van der Waals surface area contributed by atoms with E-state index in [1.807, 2.05) is 12.1 Å². The minimum absolute atomic E-state index is 0.594. The molecule has 1 saturated carbocycles. The van der Waals surface area contributed by atoms with Crippen molar-refractivity contribution in [2.24, 2.45) is 5.92 Å². The smallest absolute Gasteiger partial charge is 0.164 e. The number of hydrogen-bond acceptors (Lipinski definition) is 4. The Morgan fingerprint density at radius 2 is 1.57 bits per heavy atom. The van der Waals surface area contributed by atoms with Crippen LogP contribution in [0.3, 0.4) is 0 Å². The van der Waals surface area contributed by atoms with Crippen molar-refractivity contribution in [1.82, 2.24) is 5.32 Å². The first-order valence-electron chi connectivity index (χ1n) is 7.71. The number of ether oxygens (including phenoxy) is 3. The van der Waals surface area contributed by atoms with E-state index >= 15 is 0 Å². The zero-order valence-corrected chi connectivity index (χ0v) is 13.6. The summed E-state index contributed by atoms with van der Waals surface area (Å²) in [5, 5.41) is 3.67. The molecular weight excluding hydrogens is 266 g/mol. The molecule has 0 heterocycles. The Morgan fingerprint density at radius 3 is 2.19 bits per heavy atom. The van der Waals surface area contributed by atoms with Crippen LogP contribution in [-0.2, 0) is 6.54 Å². The van der Waals surface area contributed by atoms with Crippen LogP contribution in [0.5, 0.6) is 17.2 Å². The number of hydrogen-bond donors (Lipinski definition) is 1. The minimum atomic E-state index is 0.594. The van der Waals surface area contributed by atoms with E-state index in [0.29, 0.717) is 11.8 Å². The van der Waals surface area contributed by atoms with Crippen LogP contribution in [0.25, 0.3) is 0 Å². The molecule has 0 aromatic heterocycles. The van der Waals surface area contributed by atoms with Crippen molar-refractivity contribution >= 4 is 0 Å². The maximum atomic E-state index is 5.48. The summed E-state index contributed by atoms with van der Waals surface area (Å²) in [4.78, 5) is 0. The average Bonchev–Trinajstić information content (AvgIpc) is 2.53. The molecule has 0 spiro atoms. The predicted octanol–water partition coefficient (Wildman–Crippen LogP) is 3.38. The van der Waals surface area contributed by atoms with Crippen LogP contribution in [0.4, 0.5) is 0 Å². The molecule has 0 radical (unpaired) electrons. The fourth-order valence-electron chi connectivity index (χ4n) is 3.09. The Balaban J connectivity index is 2.10. The molecule has 0 unspecified atom stereocenters. The normalized spacial score (nSPS) is 21.9. The van der Waals surface area contributed by atoms with Gasteiger partial charge in [0.2, 0.25) is 0 Å². The van der Waals surface area contributed by atoms with Gasteiger partial charge in [-0.25, -0.2) is 0 Å². The minimum Gasteiger partial charge on any atom is -0.496 e. The van der Waals surface area contributed by atoms with Gasteiger partial charge in [-0.2, -0.15) is 0 Å². The molecule has 1 aromatic carbocycles. The summed E-state index contributed by atoms with van der Waals surface area (Å²) in [5.41, 5.74) is 1.10. The van der Waals surface area contributed by atoms with Crippen molar-refractivity contribution in [3.8, 4) is 17.2 Å². The SMILES string of the molecule is COc1cc(OC)c(OC)cc1CN[C@@H]1CCCC[C@@H]1C. The van der Waals surface area contributed by atoms with Gasteiger partial charge in [-0.3, -0.25) is 0 Å². The average molecular weight is 293 g/mol. The highest BCUT2D eigenvalue weighted by atomic mass is 16.5. The highest BCUT2D eigenvalue weighted by Crippen LogP contribution is 2.35. The summed E-state index contributed by atoms with van der Waals surface area (Å²) in [6, 6.07) is 4.48. The summed E-state index contributed by atoms with van der Waals surface area (Å²) in [5.74, 6) is 3.02. The molecule has 0 saturated heterocycles. The summed E-state index contributed by atoms with van der Waals surface area (Å²) < 4.78 is 16.2. The monoisotopic (exact) mass is 293 g/mol. The van der Waals surface area contributed by atoms with Crippen molar-refractivity contribution < 1.29 is 14.2 Å². The van der Waals surface area contributed by atoms with Gasteiger partial charge in [0.05, 0.1) is 21.3 Å². The molecule has 4 heteroatoms. The third-order valence-electron chi connectivity index (χ3n) is 4.45. The number of benzene rings is 1. The Kier molecular flexibility index (Phi) is 5.74. The van der Waals surface area contributed by atoms with Gasteiger partial charge in [-0.15, -0.1) is 0 Å². The Labute approximate surface area is 127 Å². The molecule has 4 nitrogen and oxygen atoms in total. The fourth-order valence-corrected chi connectivity index (χ4v) is 3.09. The van der Waals surface area contributed by atoms with Crippen molar-refractivity contribution in [2.45, 2.75) is 45.2 Å².